The summed E-state index contributed by atoms with van der Waals surface area (Å²) in [6, 6.07) is 16.2. The molecule has 0 bridgehead atoms. The smallest absolute Gasteiger partial charge is 0.291 e. The second kappa shape index (κ2) is 3.37. The zero-order chi connectivity index (χ0) is 11.9. The highest BCUT2D eigenvalue weighted by Gasteiger charge is 2.76. The zero-order valence-corrected chi connectivity index (χ0v) is 8.94. The van der Waals surface area contributed by atoms with Gasteiger partial charge in [-0.15, -0.1) is 0 Å². The summed E-state index contributed by atoms with van der Waals surface area (Å²) in [6.07, 6.45) is 0. The molecule has 2 unspecified atom stereocenters. The molecule has 0 saturated carbocycles. The highest BCUT2D eigenvalue weighted by Crippen LogP contribution is 2.64. The second-order valence-corrected chi connectivity index (χ2v) is 4.02. The van der Waals surface area contributed by atoms with Crippen LogP contribution in [0.1, 0.15) is 11.1 Å². The molecule has 0 aromatic heterocycles. The van der Waals surface area contributed by atoms with Gasteiger partial charge in [0, 0.05) is 11.1 Å². The van der Waals surface area contributed by atoms with Crippen molar-refractivity contribution in [2.45, 2.75) is 11.7 Å². The fraction of sp³-hybridized carbons (Fsp3) is 0.143. The van der Waals surface area contributed by atoms with Crippen molar-refractivity contribution in [3.05, 3.63) is 71.8 Å². The van der Waals surface area contributed by atoms with Gasteiger partial charge in [0.15, 0.2) is 0 Å². The van der Waals surface area contributed by atoms with Crippen LogP contribution in [0.25, 0.3) is 0 Å². The third-order valence-corrected chi connectivity index (χ3v) is 2.94. The van der Waals surface area contributed by atoms with E-state index in [0.717, 1.165) is 0 Å². The molecule has 1 fully saturated rings. The van der Waals surface area contributed by atoms with Crippen LogP contribution in [-0.4, -0.2) is 0 Å². The number of benzene rings is 2. The lowest BCUT2D eigenvalue weighted by Crippen LogP contribution is -2.13. The second-order valence-electron chi connectivity index (χ2n) is 4.02. The first-order valence-corrected chi connectivity index (χ1v) is 5.36. The summed E-state index contributed by atoms with van der Waals surface area (Å²) in [5.74, 6) is -4.73. The van der Waals surface area contributed by atoms with Crippen LogP contribution in [-0.2, 0) is 16.4 Å². The summed E-state index contributed by atoms with van der Waals surface area (Å²) < 4.78 is 33.5. The van der Waals surface area contributed by atoms with Crippen LogP contribution >= 0.6 is 0 Å². The molecule has 0 N–H and O–H groups in total. The van der Waals surface area contributed by atoms with Gasteiger partial charge in [0.2, 0.25) is 0 Å². The first-order valence-electron chi connectivity index (χ1n) is 5.36. The standard InChI is InChI=1S/C14H10F2O/c15-13(11-7-3-1-4-8-11)14(16,17-13)12-9-5-2-6-10-12/h1-10H. The quantitative estimate of drug-likeness (QED) is 0.720. The van der Waals surface area contributed by atoms with E-state index in [0.29, 0.717) is 0 Å². The fourth-order valence-corrected chi connectivity index (χ4v) is 1.96. The van der Waals surface area contributed by atoms with Gasteiger partial charge in [-0.3, -0.25) is 4.74 Å². The minimum Gasteiger partial charge on any atom is -0.291 e. The Hall–Kier alpha value is -1.74. The van der Waals surface area contributed by atoms with Crippen LogP contribution in [0.3, 0.4) is 0 Å². The monoisotopic (exact) mass is 232 g/mol. The van der Waals surface area contributed by atoms with E-state index in [1.165, 1.54) is 24.3 Å². The Morgan fingerprint density at radius 2 is 1.00 bits per heavy atom. The Kier molecular flexibility index (Phi) is 2.07. The van der Waals surface area contributed by atoms with Gasteiger partial charge >= 0.3 is 11.7 Å². The summed E-state index contributed by atoms with van der Waals surface area (Å²) >= 11 is 0. The average Bonchev–Trinajstić information content (AvgIpc) is 2.97. The van der Waals surface area contributed by atoms with E-state index in [4.69, 9.17) is 4.74 Å². The van der Waals surface area contributed by atoms with Gasteiger partial charge in [-0.2, -0.15) is 8.78 Å². The molecule has 1 aliphatic heterocycles. The first-order chi connectivity index (χ1) is 8.17. The van der Waals surface area contributed by atoms with Gasteiger partial charge in [0.1, 0.15) is 0 Å². The van der Waals surface area contributed by atoms with E-state index in [2.05, 4.69) is 0 Å². The molecule has 0 radical (unpaired) electrons. The summed E-state index contributed by atoms with van der Waals surface area (Å²) in [4.78, 5) is 0. The largest absolute Gasteiger partial charge is 0.302 e. The van der Waals surface area contributed by atoms with Gasteiger partial charge in [0.25, 0.3) is 0 Å². The molecule has 0 aliphatic carbocycles. The number of epoxide rings is 1. The van der Waals surface area contributed by atoms with E-state index in [1.54, 1.807) is 36.4 Å². The van der Waals surface area contributed by atoms with Crippen molar-refractivity contribution in [2.75, 3.05) is 0 Å². The number of ether oxygens (including phenoxy) is 1. The van der Waals surface area contributed by atoms with E-state index >= 15 is 0 Å². The van der Waals surface area contributed by atoms with Crippen LogP contribution in [0.5, 0.6) is 0 Å². The van der Waals surface area contributed by atoms with Crippen LogP contribution in [0.2, 0.25) is 0 Å². The van der Waals surface area contributed by atoms with Crippen LogP contribution in [0, 0.1) is 0 Å². The summed E-state index contributed by atoms with van der Waals surface area (Å²) in [5, 5.41) is 0. The lowest BCUT2D eigenvalue weighted by Gasteiger charge is -2.06. The normalized spacial score (nSPS) is 31.2. The van der Waals surface area contributed by atoms with Gasteiger partial charge in [0.05, 0.1) is 0 Å². The minimum absolute atomic E-state index is 0.200. The molecule has 2 atom stereocenters. The van der Waals surface area contributed by atoms with Crippen molar-refractivity contribution in [3.63, 3.8) is 0 Å². The molecule has 1 heterocycles. The maximum absolute atomic E-state index is 14.4. The van der Waals surface area contributed by atoms with Gasteiger partial charge in [-0.05, 0) is 0 Å². The van der Waals surface area contributed by atoms with Gasteiger partial charge in [-0.25, -0.2) is 0 Å². The van der Waals surface area contributed by atoms with Gasteiger partial charge in [-0.1, -0.05) is 60.7 Å². The SMILES string of the molecule is FC1(c2ccccc2)OC1(F)c1ccccc1. The molecule has 86 valence electrons. The van der Waals surface area contributed by atoms with Crippen LogP contribution in [0.15, 0.2) is 60.7 Å². The molecule has 0 spiro atoms. The summed E-state index contributed by atoms with van der Waals surface area (Å²) in [6.45, 7) is 0. The van der Waals surface area contributed by atoms with Crippen molar-refractivity contribution in [2.24, 2.45) is 0 Å². The molecule has 1 nitrogen and oxygen atoms in total. The highest BCUT2D eigenvalue weighted by molar-refractivity contribution is 5.35. The van der Waals surface area contributed by atoms with Crippen molar-refractivity contribution < 1.29 is 13.5 Å². The fourth-order valence-electron chi connectivity index (χ4n) is 1.96. The van der Waals surface area contributed by atoms with E-state index in [9.17, 15) is 8.78 Å². The summed E-state index contributed by atoms with van der Waals surface area (Å²) in [5.41, 5.74) is 0.401. The Morgan fingerprint density at radius 1 is 0.647 bits per heavy atom. The third-order valence-electron chi connectivity index (χ3n) is 2.94. The lowest BCUT2D eigenvalue weighted by atomic mass is 10.0. The first kappa shape index (κ1) is 10.4. The topological polar surface area (TPSA) is 12.5 Å². The Morgan fingerprint density at radius 3 is 1.35 bits per heavy atom. The van der Waals surface area contributed by atoms with E-state index in [-0.39, 0.29) is 11.1 Å². The van der Waals surface area contributed by atoms with Crippen LogP contribution in [0.4, 0.5) is 8.78 Å². The van der Waals surface area contributed by atoms with Gasteiger partial charge < -0.3 is 0 Å². The predicted octanol–water partition coefficient (Wildman–Crippen LogP) is 3.66. The van der Waals surface area contributed by atoms with E-state index < -0.39 is 11.7 Å². The molecular weight excluding hydrogens is 222 g/mol. The number of rotatable bonds is 2. The highest BCUT2D eigenvalue weighted by atomic mass is 19.2. The zero-order valence-electron chi connectivity index (χ0n) is 8.94. The molecular formula is C14H10F2O. The van der Waals surface area contributed by atoms with Crippen molar-refractivity contribution in [3.8, 4) is 0 Å². The third kappa shape index (κ3) is 1.39. The molecule has 2 aromatic carbocycles. The number of alkyl halides is 2. The predicted molar refractivity (Wildman–Crippen MR) is 59.5 cm³/mol. The minimum atomic E-state index is -2.37. The number of halogens is 2. The molecule has 0 amide bonds. The molecule has 1 saturated heterocycles. The Labute approximate surface area is 97.7 Å². The Bertz CT molecular complexity index is 479. The van der Waals surface area contributed by atoms with Crippen molar-refractivity contribution >= 4 is 0 Å². The maximum atomic E-state index is 14.4. The molecule has 3 heteroatoms. The van der Waals surface area contributed by atoms with Crippen LogP contribution < -0.4 is 0 Å². The van der Waals surface area contributed by atoms with Crippen molar-refractivity contribution in [1.29, 1.82) is 0 Å². The molecule has 17 heavy (non-hydrogen) atoms. The van der Waals surface area contributed by atoms with E-state index in [1.807, 2.05) is 0 Å². The van der Waals surface area contributed by atoms with Crippen molar-refractivity contribution in [1.82, 2.24) is 0 Å². The summed E-state index contributed by atoms with van der Waals surface area (Å²) in [7, 11) is 0. The average molecular weight is 232 g/mol. The number of hydrogen-bond acceptors (Lipinski definition) is 1. The molecule has 3 rings (SSSR count). The molecule has 1 aliphatic rings. The Balaban J connectivity index is 2.00. The lowest BCUT2D eigenvalue weighted by molar-refractivity contribution is 0.128. The number of hydrogen-bond donors (Lipinski definition) is 0. The molecule has 2 aromatic rings. The maximum Gasteiger partial charge on any atom is 0.302 e.